The van der Waals surface area contributed by atoms with Crippen LogP contribution in [0, 0.1) is 0 Å². The lowest BCUT2D eigenvalue weighted by molar-refractivity contribution is -0.119. The van der Waals surface area contributed by atoms with Gasteiger partial charge in [0, 0.05) is 51.4 Å². The monoisotopic (exact) mass is 369 g/mol. The number of aryl methyl sites for hydroxylation is 1. The van der Waals surface area contributed by atoms with Crippen molar-refractivity contribution in [3.8, 4) is 0 Å². The molecule has 0 aliphatic heterocycles. The lowest BCUT2D eigenvalue weighted by Crippen LogP contribution is -1.97. The Labute approximate surface area is 154 Å². The van der Waals surface area contributed by atoms with Crippen LogP contribution in [0.2, 0.25) is 10.0 Å². The summed E-state index contributed by atoms with van der Waals surface area (Å²) in [5.74, 6) is -0.389. The molecule has 124 valence electrons. The van der Waals surface area contributed by atoms with Gasteiger partial charge in [-0.1, -0.05) is 47.5 Å². The fraction of sp³-hybridized carbons (Fsp3) is 0.100. The summed E-state index contributed by atoms with van der Waals surface area (Å²) < 4.78 is 1.95. The number of Topliss-reactive ketones (excluding diaryl/α,β-unsaturated/α-hetero) is 2. The topological polar surface area (TPSA) is 39.1 Å². The highest BCUT2D eigenvalue weighted by Crippen LogP contribution is 2.41. The molecule has 0 atom stereocenters. The molecule has 25 heavy (non-hydrogen) atoms. The predicted molar refractivity (Wildman–Crippen MR) is 101 cm³/mol. The van der Waals surface area contributed by atoms with Gasteiger partial charge in [-0.15, -0.1) is 0 Å². The largest absolute Gasteiger partial charge is 0.350 e. The Morgan fingerprint density at radius 2 is 1.60 bits per heavy atom. The number of carbonyl (C=O) groups excluding carboxylic acids is 2. The molecule has 1 heterocycles. The summed E-state index contributed by atoms with van der Waals surface area (Å²) in [6.45, 7) is 0. The van der Waals surface area contributed by atoms with Crippen molar-refractivity contribution in [2.45, 2.75) is 6.42 Å². The van der Waals surface area contributed by atoms with Crippen molar-refractivity contribution in [2.75, 3.05) is 0 Å². The van der Waals surface area contributed by atoms with Gasteiger partial charge in [0.1, 0.15) is 0 Å². The maximum absolute atomic E-state index is 12.6. The molecule has 1 aliphatic rings. The van der Waals surface area contributed by atoms with Gasteiger partial charge in [0.25, 0.3) is 0 Å². The second kappa shape index (κ2) is 5.87. The maximum atomic E-state index is 12.6. The zero-order valence-corrected chi connectivity index (χ0v) is 14.9. The number of halogens is 2. The zero-order chi connectivity index (χ0) is 17.7. The normalized spacial score (nSPS) is 14.8. The summed E-state index contributed by atoms with van der Waals surface area (Å²) >= 11 is 12.3. The molecule has 0 N–H and O–H groups in total. The zero-order valence-electron chi connectivity index (χ0n) is 13.3. The van der Waals surface area contributed by atoms with Gasteiger partial charge >= 0.3 is 0 Å². The van der Waals surface area contributed by atoms with Crippen LogP contribution in [0.15, 0.2) is 48.7 Å². The van der Waals surface area contributed by atoms with Gasteiger partial charge in [-0.25, -0.2) is 0 Å². The van der Waals surface area contributed by atoms with E-state index in [0.717, 1.165) is 16.5 Å². The van der Waals surface area contributed by atoms with Crippen LogP contribution >= 0.6 is 23.2 Å². The molecule has 4 rings (SSSR count). The molecule has 0 fully saturated rings. The van der Waals surface area contributed by atoms with Gasteiger partial charge in [0.2, 0.25) is 0 Å². The molecular weight excluding hydrogens is 357 g/mol. The number of aromatic nitrogens is 1. The van der Waals surface area contributed by atoms with E-state index in [9.17, 15) is 9.59 Å². The van der Waals surface area contributed by atoms with Crippen LogP contribution in [0.25, 0.3) is 22.0 Å². The lowest BCUT2D eigenvalue weighted by atomic mass is 9.96. The van der Waals surface area contributed by atoms with Crippen LogP contribution in [0.4, 0.5) is 0 Å². The maximum Gasteiger partial charge on any atom is 0.172 e. The van der Waals surface area contributed by atoms with E-state index in [1.165, 1.54) is 0 Å². The molecule has 1 aromatic heterocycles. The minimum atomic E-state index is -0.211. The summed E-state index contributed by atoms with van der Waals surface area (Å²) in [6, 6.07) is 12.8. The Balaban J connectivity index is 2.06. The number of benzene rings is 2. The molecule has 0 spiro atoms. The van der Waals surface area contributed by atoms with Crippen molar-refractivity contribution in [1.29, 1.82) is 0 Å². The molecule has 3 nitrogen and oxygen atoms in total. The first-order chi connectivity index (χ1) is 12.0. The van der Waals surface area contributed by atoms with Crippen molar-refractivity contribution in [1.82, 2.24) is 4.57 Å². The van der Waals surface area contributed by atoms with Gasteiger partial charge in [-0.05, 0) is 18.2 Å². The van der Waals surface area contributed by atoms with E-state index in [-0.39, 0.29) is 18.0 Å². The molecular formula is C20H13Cl2NO2. The Bertz CT molecular complexity index is 1090. The highest BCUT2D eigenvalue weighted by Gasteiger charge is 2.34. The molecule has 0 amide bonds. The molecule has 5 heteroatoms. The fourth-order valence-corrected chi connectivity index (χ4v) is 3.91. The highest BCUT2D eigenvalue weighted by molar-refractivity contribution is 6.53. The number of hydrogen-bond acceptors (Lipinski definition) is 2. The second-order valence-electron chi connectivity index (χ2n) is 6.07. The van der Waals surface area contributed by atoms with Crippen molar-refractivity contribution in [3.05, 3.63) is 69.8 Å². The van der Waals surface area contributed by atoms with Crippen LogP contribution < -0.4 is 0 Å². The number of fused-ring (bicyclic) bond motifs is 1. The first-order valence-corrected chi connectivity index (χ1v) is 8.53. The van der Waals surface area contributed by atoms with E-state index in [0.29, 0.717) is 26.8 Å². The molecule has 0 radical (unpaired) electrons. The average molecular weight is 370 g/mol. The van der Waals surface area contributed by atoms with Gasteiger partial charge < -0.3 is 4.57 Å². The molecule has 0 unspecified atom stereocenters. The van der Waals surface area contributed by atoms with E-state index in [2.05, 4.69) is 0 Å². The summed E-state index contributed by atoms with van der Waals surface area (Å²) in [4.78, 5) is 25.2. The molecule has 1 aliphatic carbocycles. The summed E-state index contributed by atoms with van der Waals surface area (Å²) in [7, 11) is 1.92. The number of para-hydroxylation sites is 1. The van der Waals surface area contributed by atoms with E-state index >= 15 is 0 Å². The van der Waals surface area contributed by atoms with E-state index in [1.54, 1.807) is 18.2 Å². The first kappa shape index (κ1) is 16.1. The quantitative estimate of drug-likeness (QED) is 0.600. The minimum Gasteiger partial charge on any atom is -0.350 e. The molecule has 3 aromatic rings. The van der Waals surface area contributed by atoms with Crippen molar-refractivity contribution >= 4 is 56.8 Å². The van der Waals surface area contributed by atoms with Crippen LogP contribution in [-0.2, 0) is 16.6 Å². The van der Waals surface area contributed by atoms with E-state index in [4.69, 9.17) is 23.2 Å². The first-order valence-electron chi connectivity index (χ1n) is 7.78. The number of ketones is 2. The standard InChI is InChI=1S/C20H13Cl2NO2/c1-23-10-14(12-4-2-3-5-16(12)23)20-18(25)9-17(24)19(20)13-7-6-11(21)8-15(13)22/h2-8,10H,9H2,1H3. The Kier molecular flexibility index (Phi) is 3.78. The van der Waals surface area contributed by atoms with Crippen molar-refractivity contribution < 1.29 is 9.59 Å². The van der Waals surface area contributed by atoms with Gasteiger partial charge in [0.05, 0.1) is 11.4 Å². The number of rotatable bonds is 2. The number of allylic oxidation sites excluding steroid dienone is 2. The Morgan fingerprint density at radius 1 is 0.920 bits per heavy atom. The fourth-order valence-electron chi connectivity index (χ4n) is 3.40. The molecule has 0 bridgehead atoms. The Morgan fingerprint density at radius 3 is 2.32 bits per heavy atom. The smallest absolute Gasteiger partial charge is 0.172 e. The molecule has 2 aromatic carbocycles. The second-order valence-corrected chi connectivity index (χ2v) is 6.91. The summed E-state index contributed by atoms with van der Waals surface area (Å²) in [5, 5.41) is 1.78. The molecule has 0 saturated carbocycles. The third kappa shape index (κ3) is 2.51. The average Bonchev–Trinajstić information content (AvgIpc) is 3.04. The number of nitrogens with zero attached hydrogens (tertiary/aromatic N) is 1. The van der Waals surface area contributed by atoms with E-state index < -0.39 is 0 Å². The lowest BCUT2D eigenvalue weighted by Gasteiger charge is -2.08. The minimum absolute atomic E-state index is 0.132. The van der Waals surface area contributed by atoms with Crippen molar-refractivity contribution in [2.24, 2.45) is 7.05 Å². The number of carbonyl (C=O) groups is 2. The van der Waals surface area contributed by atoms with Gasteiger partial charge in [0.15, 0.2) is 11.6 Å². The van der Waals surface area contributed by atoms with Crippen LogP contribution in [-0.4, -0.2) is 16.1 Å². The summed E-state index contributed by atoms with van der Waals surface area (Å²) in [6.07, 6.45) is 1.76. The summed E-state index contributed by atoms with van der Waals surface area (Å²) in [5.41, 5.74) is 3.12. The van der Waals surface area contributed by atoms with Gasteiger partial charge in [-0.2, -0.15) is 0 Å². The third-order valence-electron chi connectivity index (χ3n) is 4.50. The predicted octanol–water partition coefficient (Wildman–Crippen LogP) is 4.94. The van der Waals surface area contributed by atoms with Crippen molar-refractivity contribution in [3.63, 3.8) is 0 Å². The highest BCUT2D eigenvalue weighted by atomic mass is 35.5. The Hall–Kier alpha value is -2.36. The van der Waals surface area contributed by atoms with E-state index in [1.807, 2.05) is 42.1 Å². The van der Waals surface area contributed by atoms with Crippen LogP contribution in [0.3, 0.4) is 0 Å². The third-order valence-corrected chi connectivity index (χ3v) is 5.04. The number of hydrogen-bond donors (Lipinski definition) is 0. The van der Waals surface area contributed by atoms with Crippen LogP contribution in [0.1, 0.15) is 17.5 Å². The van der Waals surface area contributed by atoms with Gasteiger partial charge in [-0.3, -0.25) is 9.59 Å². The van der Waals surface area contributed by atoms with Crippen LogP contribution in [0.5, 0.6) is 0 Å². The molecule has 0 saturated heterocycles. The SMILES string of the molecule is Cn1cc(C2=C(c3ccc(Cl)cc3Cl)C(=O)CC2=O)c2ccccc21.